The fraction of sp³-hybridized carbons (Fsp3) is 0.294. The Morgan fingerprint density at radius 1 is 1.09 bits per heavy atom. The molecule has 1 aliphatic rings. The van der Waals surface area contributed by atoms with E-state index in [2.05, 4.69) is 12.2 Å². The highest BCUT2D eigenvalue weighted by Gasteiger charge is 2.17. The molecular weight excluding hydrogens is 321 g/mol. The van der Waals surface area contributed by atoms with E-state index in [-0.39, 0.29) is 6.04 Å². The quantitative estimate of drug-likeness (QED) is 0.883. The maximum atomic E-state index is 6.25. The molecule has 0 bridgehead atoms. The van der Waals surface area contributed by atoms with Gasteiger partial charge in [0.05, 0.1) is 5.02 Å². The van der Waals surface area contributed by atoms with Crippen molar-refractivity contribution in [2.75, 3.05) is 13.2 Å². The molecule has 0 radical (unpaired) electrons. The number of ether oxygens (including phenoxy) is 2. The first-order valence-corrected chi connectivity index (χ1v) is 7.96. The van der Waals surface area contributed by atoms with Crippen LogP contribution in [0.25, 0.3) is 0 Å². The van der Waals surface area contributed by atoms with Crippen LogP contribution in [0.3, 0.4) is 0 Å². The first-order chi connectivity index (χ1) is 10.6. The molecule has 3 nitrogen and oxygen atoms in total. The minimum absolute atomic E-state index is 0.140. The van der Waals surface area contributed by atoms with E-state index in [4.69, 9.17) is 32.7 Å². The Morgan fingerprint density at radius 2 is 1.86 bits per heavy atom. The van der Waals surface area contributed by atoms with Crippen LogP contribution in [-0.2, 0) is 6.54 Å². The summed E-state index contributed by atoms with van der Waals surface area (Å²) in [4.78, 5) is 0. The molecule has 0 aliphatic carbocycles. The first kappa shape index (κ1) is 15.5. The molecule has 3 rings (SSSR count). The van der Waals surface area contributed by atoms with Gasteiger partial charge in [-0.25, -0.2) is 0 Å². The average molecular weight is 338 g/mol. The van der Waals surface area contributed by atoms with Crippen molar-refractivity contribution >= 4 is 23.2 Å². The molecule has 0 amide bonds. The van der Waals surface area contributed by atoms with E-state index < -0.39 is 0 Å². The predicted octanol–water partition coefficient (Wildman–Crippen LogP) is 4.62. The third-order valence-corrected chi connectivity index (χ3v) is 4.27. The molecule has 116 valence electrons. The highest BCUT2D eigenvalue weighted by atomic mass is 35.5. The van der Waals surface area contributed by atoms with Crippen LogP contribution in [0, 0.1) is 0 Å². The summed E-state index contributed by atoms with van der Waals surface area (Å²) in [5.41, 5.74) is 2.13. The van der Waals surface area contributed by atoms with Crippen molar-refractivity contribution in [3.63, 3.8) is 0 Å². The molecule has 0 saturated heterocycles. The minimum atomic E-state index is 0.140. The predicted molar refractivity (Wildman–Crippen MR) is 89.1 cm³/mol. The lowest BCUT2D eigenvalue weighted by Crippen LogP contribution is -2.19. The Morgan fingerprint density at radius 3 is 2.68 bits per heavy atom. The maximum Gasteiger partial charge on any atom is 0.179 e. The fourth-order valence-electron chi connectivity index (χ4n) is 2.47. The van der Waals surface area contributed by atoms with Crippen molar-refractivity contribution in [3.8, 4) is 11.5 Å². The molecule has 5 heteroatoms. The summed E-state index contributed by atoms with van der Waals surface area (Å²) in [6.07, 6.45) is 0. The van der Waals surface area contributed by atoms with E-state index in [9.17, 15) is 0 Å². The number of benzene rings is 2. The average Bonchev–Trinajstić information content (AvgIpc) is 2.53. The van der Waals surface area contributed by atoms with Gasteiger partial charge in [-0.05, 0) is 36.2 Å². The Kier molecular flexibility index (Phi) is 4.77. The first-order valence-electron chi connectivity index (χ1n) is 7.21. The van der Waals surface area contributed by atoms with E-state index in [1.807, 2.05) is 36.4 Å². The minimum Gasteiger partial charge on any atom is -0.486 e. The van der Waals surface area contributed by atoms with Crippen molar-refractivity contribution in [2.45, 2.75) is 19.5 Å². The number of nitrogens with one attached hydrogen (secondary N) is 1. The van der Waals surface area contributed by atoms with E-state index in [1.54, 1.807) is 0 Å². The maximum absolute atomic E-state index is 6.25. The molecule has 1 N–H and O–H groups in total. The Bertz CT molecular complexity index is 676. The van der Waals surface area contributed by atoms with Gasteiger partial charge in [-0.15, -0.1) is 0 Å². The monoisotopic (exact) mass is 337 g/mol. The van der Waals surface area contributed by atoms with Gasteiger partial charge in [0.15, 0.2) is 11.5 Å². The van der Waals surface area contributed by atoms with Crippen LogP contribution in [0.15, 0.2) is 36.4 Å². The fourth-order valence-corrected chi connectivity index (χ4v) is 3.06. The van der Waals surface area contributed by atoms with Crippen molar-refractivity contribution in [1.82, 2.24) is 5.32 Å². The summed E-state index contributed by atoms with van der Waals surface area (Å²) < 4.78 is 11.1. The number of hydrogen-bond acceptors (Lipinski definition) is 3. The molecule has 2 aromatic carbocycles. The van der Waals surface area contributed by atoms with Gasteiger partial charge in [-0.2, -0.15) is 0 Å². The summed E-state index contributed by atoms with van der Waals surface area (Å²) in [6.45, 7) is 3.84. The van der Waals surface area contributed by atoms with Crippen molar-refractivity contribution in [2.24, 2.45) is 0 Å². The lowest BCUT2D eigenvalue weighted by atomic mass is 10.1. The molecular formula is C17H17Cl2NO2. The topological polar surface area (TPSA) is 30.5 Å². The van der Waals surface area contributed by atoms with Crippen molar-refractivity contribution in [1.29, 1.82) is 0 Å². The highest BCUT2D eigenvalue weighted by Crippen LogP contribution is 2.38. The zero-order valence-corrected chi connectivity index (χ0v) is 13.7. The zero-order chi connectivity index (χ0) is 15.5. The van der Waals surface area contributed by atoms with Gasteiger partial charge in [0, 0.05) is 17.6 Å². The van der Waals surface area contributed by atoms with Crippen LogP contribution in [0.5, 0.6) is 11.5 Å². The standard InChI is InChI=1S/C17H17Cl2NO2/c1-11(13-4-2-3-5-14(13)18)20-10-12-8-15(19)17-16(9-12)21-6-7-22-17/h2-5,8-9,11,20H,6-7,10H2,1H3. The van der Waals surface area contributed by atoms with Gasteiger partial charge in [-0.1, -0.05) is 41.4 Å². The van der Waals surface area contributed by atoms with Gasteiger partial charge >= 0.3 is 0 Å². The number of fused-ring (bicyclic) bond motifs is 1. The number of rotatable bonds is 4. The second-order valence-corrected chi connectivity index (χ2v) is 6.04. The van der Waals surface area contributed by atoms with Crippen LogP contribution in [-0.4, -0.2) is 13.2 Å². The number of halogens is 2. The molecule has 0 spiro atoms. The smallest absolute Gasteiger partial charge is 0.179 e. The van der Waals surface area contributed by atoms with Crippen LogP contribution < -0.4 is 14.8 Å². The Labute approximate surface area is 140 Å². The Balaban J connectivity index is 1.71. The summed E-state index contributed by atoms with van der Waals surface area (Å²) in [5, 5.41) is 4.80. The SMILES string of the molecule is CC(NCc1cc(Cl)c2c(c1)OCCO2)c1ccccc1Cl. The van der Waals surface area contributed by atoms with E-state index in [0.29, 0.717) is 36.3 Å². The molecule has 1 unspecified atom stereocenters. The van der Waals surface area contributed by atoms with Gasteiger partial charge in [0.1, 0.15) is 13.2 Å². The molecule has 1 aliphatic heterocycles. The lowest BCUT2D eigenvalue weighted by Gasteiger charge is -2.21. The van der Waals surface area contributed by atoms with E-state index in [0.717, 1.165) is 16.1 Å². The zero-order valence-electron chi connectivity index (χ0n) is 12.2. The summed E-state index contributed by atoms with van der Waals surface area (Å²) >= 11 is 12.5. The normalized spacial score (nSPS) is 14.7. The summed E-state index contributed by atoms with van der Waals surface area (Å²) in [5.74, 6) is 1.34. The Hall–Kier alpha value is -1.42. The molecule has 0 saturated carbocycles. The number of hydrogen-bond donors (Lipinski definition) is 1. The van der Waals surface area contributed by atoms with Crippen LogP contribution in [0.4, 0.5) is 0 Å². The van der Waals surface area contributed by atoms with Crippen LogP contribution >= 0.6 is 23.2 Å². The third-order valence-electron chi connectivity index (χ3n) is 3.64. The molecule has 22 heavy (non-hydrogen) atoms. The summed E-state index contributed by atoms with van der Waals surface area (Å²) in [6, 6.07) is 11.8. The summed E-state index contributed by atoms with van der Waals surface area (Å²) in [7, 11) is 0. The van der Waals surface area contributed by atoms with Gasteiger partial charge in [0.2, 0.25) is 0 Å². The van der Waals surface area contributed by atoms with Crippen LogP contribution in [0.2, 0.25) is 10.0 Å². The van der Waals surface area contributed by atoms with Crippen molar-refractivity contribution < 1.29 is 9.47 Å². The largest absolute Gasteiger partial charge is 0.486 e. The van der Waals surface area contributed by atoms with Gasteiger partial charge in [0.25, 0.3) is 0 Å². The van der Waals surface area contributed by atoms with E-state index in [1.165, 1.54) is 0 Å². The lowest BCUT2D eigenvalue weighted by molar-refractivity contribution is 0.171. The second kappa shape index (κ2) is 6.78. The third kappa shape index (κ3) is 3.32. The molecule has 2 aromatic rings. The van der Waals surface area contributed by atoms with Gasteiger partial charge in [-0.3, -0.25) is 0 Å². The molecule has 0 aromatic heterocycles. The second-order valence-electron chi connectivity index (χ2n) is 5.23. The van der Waals surface area contributed by atoms with E-state index >= 15 is 0 Å². The van der Waals surface area contributed by atoms with Crippen molar-refractivity contribution in [3.05, 3.63) is 57.6 Å². The highest BCUT2D eigenvalue weighted by molar-refractivity contribution is 6.32. The molecule has 1 heterocycles. The van der Waals surface area contributed by atoms with Crippen LogP contribution in [0.1, 0.15) is 24.1 Å². The molecule has 1 atom stereocenters. The molecule has 0 fully saturated rings. The van der Waals surface area contributed by atoms with Gasteiger partial charge < -0.3 is 14.8 Å².